The van der Waals surface area contributed by atoms with Gasteiger partial charge in [0, 0.05) is 0 Å². The molecule has 0 spiro atoms. The van der Waals surface area contributed by atoms with Crippen molar-refractivity contribution >= 4 is 15.7 Å². The van der Waals surface area contributed by atoms with Crippen molar-refractivity contribution < 1.29 is 23.2 Å². The molecule has 1 aromatic carbocycles. The van der Waals surface area contributed by atoms with Crippen molar-refractivity contribution in [2.75, 3.05) is 13.2 Å². The molecule has 4 N–H and O–H groups in total. The number of carbonyl (C=O) groups is 1. The molecule has 0 aliphatic heterocycles. The van der Waals surface area contributed by atoms with Gasteiger partial charge >= 0.3 is 0 Å². The van der Waals surface area contributed by atoms with Crippen LogP contribution in [0.5, 0.6) is 5.75 Å². The molecule has 1 rings (SSSR count). The Balaban J connectivity index is 2.96. The molecule has 0 saturated carbocycles. The lowest BCUT2D eigenvalue weighted by Gasteiger charge is -2.16. The normalized spacial score (nSPS) is 12.0. The molecule has 0 fully saturated rings. The van der Waals surface area contributed by atoms with Gasteiger partial charge in [-0.3, -0.25) is 10.0 Å². The monoisotopic (exact) mass is 354 g/mol. The quantitative estimate of drug-likeness (QED) is 0.262. The molecule has 132 valence electrons. The maximum Gasteiger partial charge on any atom is 0.262 e. The lowest BCUT2D eigenvalue weighted by molar-refractivity contribution is -0.128. The van der Waals surface area contributed by atoms with Crippen molar-refractivity contribution in [2.24, 2.45) is 5.73 Å². The van der Waals surface area contributed by atoms with Gasteiger partial charge in [0.25, 0.3) is 5.91 Å². The summed E-state index contributed by atoms with van der Waals surface area (Å²) in [6.45, 7) is 2.30. The zero-order chi connectivity index (χ0) is 18.0. The van der Waals surface area contributed by atoms with Gasteiger partial charge in [0.05, 0.1) is 4.90 Å². The average Bonchev–Trinajstić information content (AvgIpc) is 2.58. The summed E-state index contributed by atoms with van der Waals surface area (Å²) in [4.78, 5) is 11.7. The molecule has 8 heteroatoms. The van der Waals surface area contributed by atoms with E-state index in [2.05, 4.69) is 11.8 Å². The molecular weight excluding hydrogens is 332 g/mol. The molecule has 7 nitrogen and oxygen atoms in total. The number of sulfone groups is 1. The van der Waals surface area contributed by atoms with E-state index in [9.17, 15) is 13.2 Å². The fourth-order valence-electron chi connectivity index (χ4n) is 2.05. The first-order chi connectivity index (χ1) is 11.5. The molecule has 0 saturated heterocycles. The summed E-state index contributed by atoms with van der Waals surface area (Å²) >= 11 is 0. The Morgan fingerprint density at radius 2 is 2.00 bits per heavy atom. The number of unbranched alkanes of at least 4 members (excludes halogenated alkanes) is 1. The molecule has 1 unspecified atom stereocenters. The fraction of sp³-hybridized carbons (Fsp3) is 0.438. The molecule has 0 aromatic heterocycles. The predicted octanol–water partition coefficient (Wildman–Crippen LogP) is 0.865. The van der Waals surface area contributed by atoms with Crippen molar-refractivity contribution in [3.8, 4) is 17.6 Å². The van der Waals surface area contributed by atoms with E-state index in [-0.39, 0.29) is 17.9 Å². The highest BCUT2D eigenvalue weighted by Gasteiger charge is 2.33. The molecular formula is C16H22N2O5S. The number of nitrogens with one attached hydrogen (secondary N) is 1. The maximum atomic E-state index is 12.6. The van der Waals surface area contributed by atoms with E-state index in [0.717, 1.165) is 0 Å². The second-order valence-corrected chi connectivity index (χ2v) is 7.11. The number of amides is 1. The van der Waals surface area contributed by atoms with Gasteiger partial charge < -0.3 is 10.5 Å². The first-order valence-corrected chi connectivity index (χ1v) is 9.02. The minimum atomic E-state index is -3.93. The summed E-state index contributed by atoms with van der Waals surface area (Å²) in [6, 6.07) is 5.73. The van der Waals surface area contributed by atoms with Gasteiger partial charge in [-0.2, -0.15) is 0 Å². The van der Waals surface area contributed by atoms with E-state index < -0.39 is 21.0 Å². The van der Waals surface area contributed by atoms with Gasteiger partial charge in [-0.15, -0.1) is 5.92 Å². The van der Waals surface area contributed by atoms with Crippen molar-refractivity contribution in [3.05, 3.63) is 24.3 Å². The minimum absolute atomic E-state index is 0.0159. The molecule has 1 atom stereocenters. The first kappa shape index (κ1) is 20.0. The Labute approximate surface area is 142 Å². The van der Waals surface area contributed by atoms with Crippen molar-refractivity contribution in [2.45, 2.75) is 36.3 Å². The number of hydroxylamine groups is 1. The van der Waals surface area contributed by atoms with E-state index in [0.29, 0.717) is 25.1 Å². The molecule has 0 heterocycles. The Hall–Kier alpha value is -2.08. The number of hydrogen-bond acceptors (Lipinski definition) is 6. The highest BCUT2D eigenvalue weighted by atomic mass is 32.2. The van der Waals surface area contributed by atoms with E-state index in [1.807, 2.05) is 0 Å². The molecule has 0 aliphatic carbocycles. The number of nitrogens with two attached hydrogens (primary N) is 1. The van der Waals surface area contributed by atoms with Crippen molar-refractivity contribution in [1.29, 1.82) is 0 Å². The highest BCUT2D eigenvalue weighted by molar-refractivity contribution is 7.92. The minimum Gasteiger partial charge on any atom is -0.481 e. The van der Waals surface area contributed by atoms with Gasteiger partial charge in [0.1, 0.15) is 17.6 Å². The van der Waals surface area contributed by atoms with E-state index in [1.54, 1.807) is 6.92 Å². The van der Waals surface area contributed by atoms with E-state index in [1.165, 1.54) is 29.7 Å². The first-order valence-electron chi connectivity index (χ1n) is 7.47. The van der Waals surface area contributed by atoms with Gasteiger partial charge in [-0.25, -0.2) is 13.9 Å². The number of benzene rings is 1. The lowest BCUT2D eigenvalue weighted by atomic mass is 10.2. The summed E-state index contributed by atoms with van der Waals surface area (Å²) < 4.78 is 30.6. The Bertz CT molecular complexity index is 689. The summed E-state index contributed by atoms with van der Waals surface area (Å²) in [5.41, 5.74) is 6.81. The van der Waals surface area contributed by atoms with Crippen LogP contribution in [0, 0.1) is 11.8 Å². The van der Waals surface area contributed by atoms with Crippen LogP contribution in [0.15, 0.2) is 29.2 Å². The fourth-order valence-corrected chi connectivity index (χ4v) is 3.71. The topological polar surface area (TPSA) is 119 Å². The van der Waals surface area contributed by atoms with Crippen LogP contribution in [0.25, 0.3) is 0 Å². The zero-order valence-corrected chi connectivity index (χ0v) is 14.3. The van der Waals surface area contributed by atoms with Crippen LogP contribution in [-0.2, 0) is 14.6 Å². The second-order valence-electron chi connectivity index (χ2n) is 4.98. The van der Waals surface area contributed by atoms with Crippen LogP contribution in [0.4, 0.5) is 0 Å². The predicted molar refractivity (Wildman–Crippen MR) is 89.2 cm³/mol. The average molecular weight is 354 g/mol. The summed E-state index contributed by atoms with van der Waals surface area (Å²) in [5, 5.41) is 7.45. The van der Waals surface area contributed by atoms with Crippen molar-refractivity contribution in [1.82, 2.24) is 5.48 Å². The Morgan fingerprint density at radius 3 is 2.54 bits per heavy atom. The lowest BCUT2D eigenvalue weighted by Crippen LogP contribution is -2.38. The molecule has 0 radical (unpaired) electrons. The zero-order valence-electron chi connectivity index (χ0n) is 13.5. The number of rotatable bonds is 9. The van der Waals surface area contributed by atoms with Crippen LogP contribution in [0.1, 0.15) is 26.2 Å². The summed E-state index contributed by atoms with van der Waals surface area (Å²) in [5.74, 6) is 4.94. The third-order valence-corrected chi connectivity index (χ3v) is 5.47. The molecule has 0 bridgehead atoms. The Kier molecular flexibility index (Phi) is 8.26. The Morgan fingerprint density at radius 1 is 1.33 bits per heavy atom. The second kappa shape index (κ2) is 9.93. The standard InChI is InChI=1S/C16H22N2O5S/c1-2-3-12-23-13-7-9-14(10-8-13)24(21,22)15(16(19)18-20)6-4-5-11-17/h7-10,15,20H,4-6,11-12,17H2,1H3,(H,18,19). The van der Waals surface area contributed by atoms with Gasteiger partial charge in [0.2, 0.25) is 0 Å². The van der Waals surface area contributed by atoms with Gasteiger partial charge in [0.15, 0.2) is 9.84 Å². The molecule has 1 aromatic rings. The van der Waals surface area contributed by atoms with E-state index in [4.69, 9.17) is 15.7 Å². The van der Waals surface area contributed by atoms with Gasteiger partial charge in [-0.1, -0.05) is 12.3 Å². The third-order valence-electron chi connectivity index (χ3n) is 3.34. The smallest absolute Gasteiger partial charge is 0.262 e. The maximum absolute atomic E-state index is 12.6. The molecule has 0 aliphatic rings. The largest absolute Gasteiger partial charge is 0.481 e. The number of hydrogen-bond donors (Lipinski definition) is 3. The highest BCUT2D eigenvalue weighted by Crippen LogP contribution is 2.23. The van der Waals surface area contributed by atoms with E-state index >= 15 is 0 Å². The van der Waals surface area contributed by atoms with Gasteiger partial charge in [-0.05, 0) is 50.6 Å². The SMILES string of the molecule is CC#CCOc1ccc(S(=O)(=O)C(CCCCN)C(=O)NO)cc1. The van der Waals surface area contributed by atoms with Crippen LogP contribution in [0.2, 0.25) is 0 Å². The van der Waals surface area contributed by atoms with Crippen LogP contribution in [-0.4, -0.2) is 37.9 Å². The summed E-state index contributed by atoms with van der Waals surface area (Å²) in [7, 11) is -3.93. The number of carbonyl (C=O) groups excluding carboxylic acids is 1. The van der Waals surface area contributed by atoms with Crippen LogP contribution in [0.3, 0.4) is 0 Å². The van der Waals surface area contributed by atoms with Crippen LogP contribution >= 0.6 is 0 Å². The van der Waals surface area contributed by atoms with Crippen molar-refractivity contribution in [3.63, 3.8) is 0 Å². The molecule has 1 amide bonds. The van der Waals surface area contributed by atoms with Crippen LogP contribution < -0.4 is 16.0 Å². The summed E-state index contributed by atoms with van der Waals surface area (Å²) in [6.07, 6.45) is 1.14. The third kappa shape index (κ3) is 5.53. The number of ether oxygens (including phenoxy) is 1. The molecule has 24 heavy (non-hydrogen) atoms.